The number of hydrogen-bond acceptors (Lipinski definition) is 0. The van der Waals surface area contributed by atoms with E-state index in [1.165, 1.54) is 16.7 Å². The summed E-state index contributed by atoms with van der Waals surface area (Å²) < 4.78 is 27.2. The summed E-state index contributed by atoms with van der Waals surface area (Å²) in [5.74, 6) is -1.00. The lowest BCUT2D eigenvalue weighted by molar-refractivity contribution is 0.565. The minimum absolute atomic E-state index is 0.165. The van der Waals surface area contributed by atoms with Gasteiger partial charge in [-0.1, -0.05) is 39.7 Å². The van der Waals surface area contributed by atoms with Crippen molar-refractivity contribution < 1.29 is 8.78 Å². The fourth-order valence-corrected chi connectivity index (χ4v) is 2.94. The molecule has 2 aromatic carbocycles. The maximum Gasteiger partial charge on any atom is 0.130 e. The zero-order valence-corrected chi connectivity index (χ0v) is 13.4. The van der Waals surface area contributed by atoms with Crippen molar-refractivity contribution in [2.75, 3.05) is 0 Å². The van der Waals surface area contributed by atoms with E-state index in [4.69, 9.17) is 0 Å². The van der Waals surface area contributed by atoms with Crippen LogP contribution in [0.5, 0.6) is 0 Å². The van der Waals surface area contributed by atoms with E-state index in [9.17, 15) is 8.78 Å². The third-order valence-corrected chi connectivity index (χ3v) is 4.34. The van der Waals surface area contributed by atoms with Crippen molar-refractivity contribution in [1.82, 2.24) is 0 Å². The van der Waals surface area contributed by atoms with E-state index in [-0.39, 0.29) is 4.83 Å². The van der Waals surface area contributed by atoms with Gasteiger partial charge < -0.3 is 0 Å². The molecule has 0 aliphatic rings. The van der Waals surface area contributed by atoms with Crippen LogP contribution in [0.15, 0.2) is 30.3 Å². The average Bonchev–Trinajstić information content (AvgIpc) is 2.38. The smallest absolute Gasteiger partial charge is 0.130 e. The van der Waals surface area contributed by atoms with Gasteiger partial charge in [0.15, 0.2) is 0 Å². The van der Waals surface area contributed by atoms with Crippen molar-refractivity contribution in [3.63, 3.8) is 0 Å². The molecular formula is C17H17BrF2. The molecular weight excluding hydrogens is 322 g/mol. The molecule has 0 N–H and O–H groups in total. The molecule has 1 atom stereocenters. The number of halogens is 3. The highest BCUT2D eigenvalue weighted by molar-refractivity contribution is 9.09. The lowest BCUT2D eigenvalue weighted by atomic mass is 9.97. The molecule has 106 valence electrons. The Balaban J connectivity index is 2.30. The number of alkyl halides is 1. The Morgan fingerprint density at radius 1 is 0.950 bits per heavy atom. The van der Waals surface area contributed by atoms with Gasteiger partial charge in [-0.25, -0.2) is 8.78 Å². The van der Waals surface area contributed by atoms with E-state index in [2.05, 4.69) is 34.1 Å². The summed E-state index contributed by atoms with van der Waals surface area (Å²) in [7, 11) is 0. The molecule has 0 saturated heterocycles. The lowest BCUT2D eigenvalue weighted by Gasteiger charge is -2.15. The number of rotatable bonds is 3. The first-order valence-electron chi connectivity index (χ1n) is 6.54. The highest BCUT2D eigenvalue weighted by Gasteiger charge is 2.16. The molecule has 0 radical (unpaired) electrons. The number of benzene rings is 2. The van der Waals surface area contributed by atoms with Gasteiger partial charge in [0.05, 0.1) is 0 Å². The van der Waals surface area contributed by atoms with Crippen molar-refractivity contribution in [2.45, 2.75) is 32.0 Å². The van der Waals surface area contributed by atoms with E-state index < -0.39 is 11.6 Å². The van der Waals surface area contributed by atoms with Gasteiger partial charge in [0, 0.05) is 16.5 Å². The Labute approximate surface area is 127 Å². The molecule has 0 spiro atoms. The van der Waals surface area contributed by atoms with Gasteiger partial charge in [-0.15, -0.1) is 0 Å². The Morgan fingerprint density at radius 2 is 1.65 bits per heavy atom. The first kappa shape index (κ1) is 15.2. The lowest BCUT2D eigenvalue weighted by Crippen LogP contribution is -2.02. The second kappa shape index (κ2) is 6.04. The Bertz CT molecular complexity index is 635. The van der Waals surface area contributed by atoms with Crippen LogP contribution in [-0.4, -0.2) is 0 Å². The molecule has 0 nitrogen and oxygen atoms in total. The predicted molar refractivity (Wildman–Crippen MR) is 82.4 cm³/mol. The van der Waals surface area contributed by atoms with E-state index in [1.807, 2.05) is 13.8 Å². The molecule has 20 heavy (non-hydrogen) atoms. The van der Waals surface area contributed by atoms with Gasteiger partial charge >= 0.3 is 0 Å². The molecule has 0 aliphatic heterocycles. The first-order chi connectivity index (χ1) is 9.38. The van der Waals surface area contributed by atoms with Gasteiger partial charge in [0.1, 0.15) is 11.6 Å². The summed E-state index contributed by atoms with van der Waals surface area (Å²) in [6, 6.07) is 8.77. The van der Waals surface area contributed by atoms with Gasteiger partial charge in [-0.3, -0.25) is 0 Å². The van der Waals surface area contributed by atoms with Gasteiger partial charge in [0.2, 0.25) is 0 Å². The van der Waals surface area contributed by atoms with Crippen molar-refractivity contribution in [3.8, 4) is 0 Å². The summed E-state index contributed by atoms with van der Waals surface area (Å²) in [5.41, 5.74) is 4.50. The van der Waals surface area contributed by atoms with E-state index in [1.54, 1.807) is 13.0 Å². The van der Waals surface area contributed by atoms with Crippen molar-refractivity contribution >= 4 is 15.9 Å². The Hall–Kier alpha value is -1.22. The van der Waals surface area contributed by atoms with Crippen LogP contribution in [0.3, 0.4) is 0 Å². The summed E-state index contributed by atoms with van der Waals surface area (Å²) in [5, 5.41) is 0. The highest BCUT2D eigenvalue weighted by atomic mass is 79.9. The van der Waals surface area contributed by atoms with Crippen molar-refractivity contribution in [3.05, 3.63) is 69.8 Å². The number of hydrogen-bond donors (Lipinski definition) is 0. The SMILES string of the molecule is Cc1ccc(C)c(CC(Br)c2cc(C)c(F)cc2F)c1. The van der Waals surface area contributed by atoms with Gasteiger partial charge in [0.25, 0.3) is 0 Å². The molecule has 0 fully saturated rings. The normalized spacial score (nSPS) is 12.5. The predicted octanol–water partition coefficient (Wildman–Crippen LogP) is 5.57. The fraction of sp³-hybridized carbons (Fsp3) is 0.294. The molecule has 2 rings (SSSR count). The van der Waals surface area contributed by atoms with Gasteiger partial charge in [-0.2, -0.15) is 0 Å². The average molecular weight is 339 g/mol. The minimum atomic E-state index is -0.502. The molecule has 0 amide bonds. The zero-order valence-electron chi connectivity index (χ0n) is 11.8. The van der Waals surface area contributed by atoms with Crippen LogP contribution >= 0.6 is 15.9 Å². The van der Waals surface area contributed by atoms with Crippen molar-refractivity contribution in [1.29, 1.82) is 0 Å². The molecule has 0 saturated carbocycles. The first-order valence-corrected chi connectivity index (χ1v) is 7.46. The molecule has 0 aliphatic carbocycles. The molecule has 3 heteroatoms. The Morgan fingerprint density at radius 3 is 2.35 bits per heavy atom. The fourth-order valence-electron chi connectivity index (χ4n) is 2.24. The molecule has 0 bridgehead atoms. The quantitative estimate of drug-likeness (QED) is 0.642. The van der Waals surface area contributed by atoms with Crippen LogP contribution in [0.2, 0.25) is 0 Å². The van der Waals surface area contributed by atoms with Crippen LogP contribution in [-0.2, 0) is 6.42 Å². The van der Waals surface area contributed by atoms with Crippen molar-refractivity contribution in [2.24, 2.45) is 0 Å². The topological polar surface area (TPSA) is 0 Å². The van der Waals surface area contributed by atoms with Crippen LogP contribution in [0.1, 0.15) is 32.6 Å². The van der Waals surface area contributed by atoms with Crippen LogP contribution in [0.25, 0.3) is 0 Å². The second-order valence-electron chi connectivity index (χ2n) is 5.22. The molecule has 0 aromatic heterocycles. The largest absolute Gasteiger partial charge is 0.207 e. The summed E-state index contributed by atoms with van der Waals surface area (Å²) >= 11 is 3.53. The van der Waals surface area contributed by atoms with Crippen LogP contribution in [0.4, 0.5) is 8.78 Å². The minimum Gasteiger partial charge on any atom is -0.207 e. The summed E-state index contributed by atoms with van der Waals surface area (Å²) in [6.45, 7) is 5.73. The van der Waals surface area contributed by atoms with E-state index >= 15 is 0 Å². The van der Waals surface area contributed by atoms with Crippen LogP contribution < -0.4 is 0 Å². The zero-order chi connectivity index (χ0) is 14.9. The maximum absolute atomic E-state index is 13.9. The molecule has 0 heterocycles. The summed E-state index contributed by atoms with van der Waals surface area (Å²) in [6.07, 6.45) is 0.676. The van der Waals surface area contributed by atoms with Crippen LogP contribution in [0, 0.1) is 32.4 Å². The molecule has 1 unspecified atom stereocenters. The number of aryl methyl sites for hydroxylation is 3. The Kier molecular flexibility index (Phi) is 4.59. The monoisotopic (exact) mass is 338 g/mol. The maximum atomic E-state index is 13.9. The third-order valence-electron chi connectivity index (χ3n) is 3.52. The van der Waals surface area contributed by atoms with E-state index in [0.29, 0.717) is 17.5 Å². The standard InChI is InChI=1S/C17H17BrF2/c1-10-4-5-11(2)13(6-10)8-15(18)14-7-12(3)16(19)9-17(14)20/h4-7,9,15H,8H2,1-3H3. The highest BCUT2D eigenvalue weighted by Crippen LogP contribution is 2.31. The third kappa shape index (κ3) is 3.26. The molecule has 2 aromatic rings. The second-order valence-corrected chi connectivity index (χ2v) is 6.33. The van der Waals surface area contributed by atoms with E-state index in [0.717, 1.165) is 6.07 Å². The summed E-state index contributed by atoms with van der Waals surface area (Å²) in [4.78, 5) is -0.165. The van der Waals surface area contributed by atoms with Gasteiger partial charge in [-0.05, 0) is 49.9 Å².